The molecule has 0 bridgehead atoms. The fraction of sp³-hybridized carbons (Fsp3) is 0.500. The van der Waals surface area contributed by atoms with Gasteiger partial charge >= 0.3 is 0 Å². The molecular formula is C22H28N2O5S. The minimum absolute atomic E-state index is 0.000496. The number of aryl methyl sites for hydroxylation is 1. The summed E-state index contributed by atoms with van der Waals surface area (Å²) in [5.41, 5.74) is 0.880. The van der Waals surface area contributed by atoms with Gasteiger partial charge < -0.3 is 14.5 Å². The molecule has 2 heterocycles. The van der Waals surface area contributed by atoms with Gasteiger partial charge in [0, 0.05) is 31.3 Å². The Kier molecular flexibility index (Phi) is 6.15. The molecule has 1 saturated carbocycles. The van der Waals surface area contributed by atoms with Crippen LogP contribution in [0.15, 0.2) is 39.6 Å². The summed E-state index contributed by atoms with van der Waals surface area (Å²) in [6.07, 6.45) is 6.42. The van der Waals surface area contributed by atoms with Crippen LogP contribution in [0.4, 0.5) is 0 Å². The topological polar surface area (TPSA) is 88.8 Å². The molecule has 1 aliphatic carbocycles. The van der Waals surface area contributed by atoms with Gasteiger partial charge in [-0.1, -0.05) is 18.2 Å². The van der Waals surface area contributed by atoms with Crippen LogP contribution in [0.1, 0.15) is 60.4 Å². The zero-order valence-corrected chi connectivity index (χ0v) is 18.0. The molecule has 30 heavy (non-hydrogen) atoms. The first-order valence-electron chi connectivity index (χ1n) is 10.6. The average molecular weight is 433 g/mol. The first-order valence-corrected chi connectivity index (χ1v) is 12.0. The van der Waals surface area contributed by atoms with E-state index in [4.69, 9.17) is 9.15 Å². The standard InChI is InChI=1S/C22H28N2O5S/c1-16-21(30(26,27)24-12-6-7-13-24)14-20(28-16)22(25)23-15-17-8-2-5-11-19(17)29-18-9-3-4-10-18/h2,5,8,11,14,18H,3-4,6-7,9-10,12-13,15H2,1H3,(H,23,25). The number of para-hydroxylation sites is 1. The summed E-state index contributed by atoms with van der Waals surface area (Å²) < 4.78 is 38.7. The molecular weight excluding hydrogens is 404 g/mol. The fourth-order valence-corrected chi connectivity index (χ4v) is 5.79. The molecule has 2 aromatic rings. The monoisotopic (exact) mass is 432 g/mol. The molecule has 1 aliphatic heterocycles. The molecule has 7 nitrogen and oxygen atoms in total. The molecule has 0 spiro atoms. The van der Waals surface area contributed by atoms with E-state index >= 15 is 0 Å². The van der Waals surface area contributed by atoms with Crippen LogP contribution in [-0.2, 0) is 16.6 Å². The molecule has 0 unspecified atom stereocenters. The predicted molar refractivity (Wildman–Crippen MR) is 112 cm³/mol. The summed E-state index contributed by atoms with van der Waals surface area (Å²) in [7, 11) is -3.63. The van der Waals surface area contributed by atoms with Gasteiger partial charge in [0.25, 0.3) is 5.91 Å². The number of furan rings is 1. The summed E-state index contributed by atoms with van der Waals surface area (Å²) in [6, 6.07) is 8.99. The number of benzene rings is 1. The lowest BCUT2D eigenvalue weighted by Gasteiger charge is -2.16. The van der Waals surface area contributed by atoms with Crippen LogP contribution in [-0.4, -0.2) is 37.8 Å². The first kappa shape index (κ1) is 20.9. The number of nitrogens with zero attached hydrogens (tertiary/aromatic N) is 1. The first-order chi connectivity index (χ1) is 14.4. The summed E-state index contributed by atoms with van der Waals surface area (Å²) in [4.78, 5) is 12.7. The van der Waals surface area contributed by atoms with E-state index in [1.54, 1.807) is 6.92 Å². The third-order valence-corrected chi connectivity index (χ3v) is 7.79. The highest BCUT2D eigenvalue weighted by atomic mass is 32.2. The van der Waals surface area contributed by atoms with E-state index in [0.717, 1.165) is 37.0 Å². The maximum atomic E-state index is 12.8. The van der Waals surface area contributed by atoms with Gasteiger partial charge in [-0.25, -0.2) is 8.42 Å². The number of carbonyl (C=O) groups is 1. The molecule has 1 amide bonds. The van der Waals surface area contributed by atoms with Crippen LogP contribution >= 0.6 is 0 Å². The van der Waals surface area contributed by atoms with Gasteiger partial charge in [-0.15, -0.1) is 0 Å². The summed E-state index contributed by atoms with van der Waals surface area (Å²) >= 11 is 0. The van der Waals surface area contributed by atoms with E-state index in [1.807, 2.05) is 24.3 Å². The number of amides is 1. The summed E-state index contributed by atoms with van der Waals surface area (Å²) in [5, 5.41) is 2.82. The lowest BCUT2D eigenvalue weighted by Crippen LogP contribution is -2.28. The highest BCUT2D eigenvalue weighted by Crippen LogP contribution is 2.28. The van der Waals surface area contributed by atoms with Crippen molar-refractivity contribution < 1.29 is 22.4 Å². The third kappa shape index (κ3) is 4.39. The van der Waals surface area contributed by atoms with Crippen molar-refractivity contribution in [3.8, 4) is 5.75 Å². The van der Waals surface area contributed by atoms with E-state index in [-0.39, 0.29) is 29.1 Å². The SMILES string of the molecule is Cc1oc(C(=O)NCc2ccccc2OC2CCCC2)cc1S(=O)(=O)N1CCCC1. The van der Waals surface area contributed by atoms with E-state index in [0.29, 0.717) is 13.1 Å². The molecule has 0 atom stereocenters. The third-order valence-electron chi connectivity index (χ3n) is 5.79. The van der Waals surface area contributed by atoms with Crippen LogP contribution in [0.2, 0.25) is 0 Å². The highest BCUT2D eigenvalue weighted by molar-refractivity contribution is 7.89. The summed E-state index contributed by atoms with van der Waals surface area (Å²) in [5.74, 6) is 0.561. The number of hydrogen-bond donors (Lipinski definition) is 1. The van der Waals surface area contributed by atoms with Crippen molar-refractivity contribution in [2.45, 2.75) is 63.0 Å². The molecule has 1 aromatic carbocycles. The molecule has 0 radical (unpaired) electrons. The second-order valence-corrected chi connectivity index (χ2v) is 9.86. The van der Waals surface area contributed by atoms with Gasteiger partial charge in [0.05, 0.1) is 6.10 Å². The van der Waals surface area contributed by atoms with E-state index in [2.05, 4.69) is 5.32 Å². The maximum Gasteiger partial charge on any atom is 0.287 e. The molecule has 1 saturated heterocycles. The normalized spacial score (nSPS) is 18.0. The highest BCUT2D eigenvalue weighted by Gasteiger charge is 2.31. The molecule has 8 heteroatoms. The van der Waals surface area contributed by atoms with Gasteiger partial charge in [0.15, 0.2) is 5.76 Å². The molecule has 2 fully saturated rings. The van der Waals surface area contributed by atoms with Gasteiger partial charge in [-0.3, -0.25) is 4.79 Å². The molecule has 1 aromatic heterocycles. The lowest BCUT2D eigenvalue weighted by atomic mass is 10.2. The minimum Gasteiger partial charge on any atom is -0.490 e. The second kappa shape index (κ2) is 8.81. The smallest absolute Gasteiger partial charge is 0.287 e. The lowest BCUT2D eigenvalue weighted by molar-refractivity contribution is 0.0921. The van der Waals surface area contributed by atoms with Crippen LogP contribution < -0.4 is 10.1 Å². The average Bonchev–Trinajstić information content (AvgIpc) is 3.49. The van der Waals surface area contributed by atoms with Crippen molar-refractivity contribution in [3.63, 3.8) is 0 Å². The van der Waals surface area contributed by atoms with E-state index in [1.165, 1.54) is 23.2 Å². The van der Waals surface area contributed by atoms with Crippen molar-refractivity contribution in [3.05, 3.63) is 47.4 Å². The zero-order chi connectivity index (χ0) is 21.1. The van der Waals surface area contributed by atoms with Crippen LogP contribution in [0.3, 0.4) is 0 Å². The van der Waals surface area contributed by atoms with Crippen molar-refractivity contribution in [1.29, 1.82) is 0 Å². The summed E-state index contributed by atoms with van der Waals surface area (Å²) in [6.45, 7) is 2.86. The Morgan fingerprint density at radius 2 is 1.87 bits per heavy atom. The van der Waals surface area contributed by atoms with Crippen molar-refractivity contribution >= 4 is 15.9 Å². The molecule has 4 rings (SSSR count). The number of hydrogen-bond acceptors (Lipinski definition) is 5. The zero-order valence-electron chi connectivity index (χ0n) is 17.2. The maximum absolute atomic E-state index is 12.8. The van der Waals surface area contributed by atoms with Gasteiger partial charge in [0.1, 0.15) is 16.4 Å². The molecule has 2 aliphatic rings. The minimum atomic E-state index is -3.63. The fourth-order valence-electron chi connectivity index (χ4n) is 4.11. The Labute approximate surface area is 177 Å². The van der Waals surface area contributed by atoms with E-state index < -0.39 is 15.9 Å². The number of sulfonamides is 1. The number of rotatable bonds is 7. The molecule has 162 valence electrons. The Morgan fingerprint density at radius 1 is 1.17 bits per heavy atom. The predicted octanol–water partition coefficient (Wildman–Crippen LogP) is 3.62. The van der Waals surface area contributed by atoms with Crippen molar-refractivity contribution in [1.82, 2.24) is 9.62 Å². The van der Waals surface area contributed by atoms with Crippen LogP contribution in [0.25, 0.3) is 0 Å². The number of nitrogens with one attached hydrogen (secondary N) is 1. The Balaban J connectivity index is 1.44. The van der Waals surface area contributed by atoms with Crippen molar-refractivity contribution in [2.75, 3.05) is 13.1 Å². The number of carbonyl (C=O) groups excluding carboxylic acids is 1. The molecule has 1 N–H and O–H groups in total. The van der Waals surface area contributed by atoms with E-state index in [9.17, 15) is 13.2 Å². The van der Waals surface area contributed by atoms with Gasteiger partial charge in [-0.2, -0.15) is 4.31 Å². The second-order valence-electron chi connectivity index (χ2n) is 7.96. The largest absolute Gasteiger partial charge is 0.490 e. The Bertz CT molecular complexity index is 1000. The van der Waals surface area contributed by atoms with Crippen LogP contribution in [0.5, 0.6) is 5.75 Å². The van der Waals surface area contributed by atoms with Gasteiger partial charge in [-0.05, 0) is 51.5 Å². The quantitative estimate of drug-likeness (QED) is 0.722. The van der Waals surface area contributed by atoms with Crippen LogP contribution in [0, 0.1) is 6.92 Å². The Morgan fingerprint density at radius 3 is 2.60 bits per heavy atom. The number of ether oxygens (including phenoxy) is 1. The van der Waals surface area contributed by atoms with Gasteiger partial charge in [0.2, 0.25) is 10.0 Å². The Hall–Kier alpha value is -2.32. The van der Waals surface area contributed by atoms with Crippen molar-refractivity contribution in [2.24, 2.45) is 0 Å².